The predicted octanol–water partition coefficient (Wildman–Crippen LogP) is 4.73. The highest BCUT2D eigenvalue weighted by atomic mass is 79.9. The van der Waals surface area contributed by atoms with Crippen molar-refractivity contribution in [3.63, 3.8) is 0 Å². The minimum absolute atomic E-state index is 0.746. The highest BCUT2D eigenvalue weighted by Crippen LogP contribution is 2.35. The van der Waals surface area contributed by atoms with Gasteiger partial charge in [0.15, 0.2) is 5.75 Å². The average molecular weight is 318 g/mol. The van der Waals surface area contributed by atoms with E-state index < -0.39 is 0 Å². The van der Waals surface area contributed by atoms with E-state index in [4.69, 9.17) is 9.47 Å². The number of aromatic nitrogens is 1. The molecule has 3 aromatic rings. The first-order valence-corrected chi connectivity index (χ1v) is 6.65. The molecule has 0 aliphatic rings. The topological polar surface area (TPSA) is 34.2 Å². The van der Waals surface area contributed by atoms with Crippen molar-refractivity contribution >= 4 is 26.8 Å². The molecule has 0 saturated heterocycles. The summed E-state index contributed by atoms with van der Waals surface area (Å²) in [5, 5.41) is 1.03. The maximum Gasteiger partial charge on any atom is 0.153 e. The van der Waals surface area contributed by atoms with Crippen molar-refractivity contribution in [1.82, 2.24) is 4.98 Å². The summed E-state index contributed by atoms with van der Waals surface area (Å²) >= 11 is 3.54. The highest BCUT2D eigenvalue weighted by molar-refractivity contribution is 9.10. The molecular formula is C15H12BrNO2. The largest absolute Gasteiger partial charge is 0.497 e. The lowest BCUT2D eigenvalue weighted by atomic mass is 10.2. The number of nitrogens with one attached hydrogen (secondary N) is 1. The summed E-state index contributed by atoms with van der Waals surface area (Å²) in [4.78, 5) is 3.19. The molecule has 0 aliphatic carbocycles. The van der Waals surface area contributed by atoms with Gasteiger partial charge in [-0.3, -0.25) is 0 Å². The van der Waals surface area contributed by atoms with Gasteiger partial charge >= 0.3 is 0 Å². The van der Waals surface area contributed by atoms with E-state index in [-0.39, 0.29) is 0 Å². The lowest BCUT2D eigenvalue weighted by Gasteiger charge is -2.06. The smallest absolute Gasteiger partial charge is 0.153 e. The molecule has 0 fully saturated rings. The maximum atomic E-state index is 5.91. The van der Waals surface area contributed by atoms with Crippen LogP contribution in [0.25, 0.3) is 10.9 Å². The Hall–Kier alpha value is -1.94. The highest BCUT2D eigenvalue weighted by Gasteiger charge is 2.09. The van der Waals surface area contributed by atoms with Gasteiger partial charge in [-0.1, -0.05) is 12.1 Å². The van der Waals surface area contributed by atoms with E-state index in [2.05, 4.69) is 20.9 Å². The first kappa shape index (κ1) is 12.1. The summed E-state index contributed by atoms with van der Waals surface area (Å²) in [5.41, 5.74) is 1.03. The zero-order valence-electron chi connectivity index (χ0n) is 10.3. The fourth-order valence-electron chi connectivity index (χ4n) is 1.98. The van der Waals surface area contributed by atoms with Crippen LogP contribution < -0.4 is 9.47 Å². The van der Waals surface area contributed by atoms with Gasteiger partial charge < -0.3 is 14.5 Å². The van der Waals surface area contributed by atoms with Crippen molar-refractivity contribution in [3.05, 3.63) is 53.1 Å². The molecule has 3 rings (SSSR count). The van der Waals surface area contributed by atoms with Gasteiger partial charge in [0.05, 0.1) is 18.0 Å². The Morgan fingerprint density at radius 1 is 1.05 bits per heavy atom. The van der Waals surface area contributed by atoms with Crippen molar-refractivity contribution in [2.45, 2.75) is 0 Å². The Morgan fingerprint density at radius 3 is 2.68 bits per heavy atom. The Labute approximate surface area is 119 Å². The van der Waals surface area contributed by atoms with Crippen LogP contribution in [-0.4, -0.2) is 12.1 Å². The normalized spacial score (nSPS) is 10.6. The molecule has 4 heteroatoms. The molecule has 19 heavy (non-hydrogen) atoms. The van der Waals surface area contributed by atoms with Crippen molar-refractivity contribution in [1.29, 1.82) is 0 Å². The summed E-state index contributed by atoms with van der Waals surface area (Å²) < 4.78 is 12.1. The number of hydrogen-bond acceptors (Lipinski definition) is 2. The Balaban J connectivity index is 2.01. The molecule has 0 amide bonds. The number of rotatable bonds is 3. The number of aromatic amines is 1. The SMILES string of the molecule is COc1cccc(Oc2c[nH]c3cccc(Br)c23)c1. The number of fused-ring (bicyclic) bond motifs is 1. The molecule has 96 valence electrons. The molecular weight excluding hydrogens is 306 g/mol. The maximum absolute atomic E-state index is 5.91. The standard InChI is InChI=1S/C15H12BrNO2/c1-18-10-4-2-5-11(8-10)19-14-9-17-13-7-3-6-12(16)15(13)14/h2-9,17H,1H3. The van der Waals surface area contributed by atoms with Crippen LogP contribution in [0, 0.1) is 0 Å². The van der Waals surface area contributed by atoms with Gasteiger partial charge in [-0.25, -0.2) is 0 Å². The van der Waals surface area contributed by atoms with E-state index in [1.165, 1.54) is 0 Å². The summed E-state index contributed by atoms with van der Waals surface area (Å²) in [6, 6.07) is 13.5. The zero-order valence-corrected chi connectivity index (χ0v) is 11.9. The molecule has 1 heterocycles. The molecule has 3 nitrogen and oxygen atoms in total. The monoisotopic (exact) mass is 317 g/mol. The fourth-order valence-corrected chi connectivity index (χ4v) is 2.54. The summed E-state index contributed by atoms with van der Waals surface area (Å²) in [6.45, 7) is 0. The van der Waals surface area contributed by atoms with Crippen molar-refractivity contribution in [2.24, 2.45) is 0 Å². The summed E-state index contributed by atoms with van der Waals surface area (Å²) in [5.74, 6) is 2.31. The number of methoxy groups -OCH3 is 1. The van der Waals surface area contributed by atoms with Gasteiger partial charge in [-0.15, -0.1) is 0 Å². The average Bonchev–Trinajstić information content (AvgIpc) is 2.84. The second kappa shape index (κ2) is 4.97. The molecule has 0 saturated carbocycles. The molecule has 0 atom stereocenters. The van der Waals surface area contributed by atoms with Gasteiger partial charge in [0.2, 0.25) is 0 Å². The number of benzene rings is 2. The van der Waals surface area contributed by atoms with Crippen LogP contribution in [0.1, 0.15) is 0 Å². The Morgan fingerprint density at radius 2 is 1.84 bits per heavy atom. The number of halogens is 1. The summed E-state index contributed by atoms with van der Waals surface area (Å²) in [7, 11) is 1.64. The first-order valence-electron chi connectivity index (χ1n) is 5.85. The van der Waals surface area contributed by atoms with Crippen LogP contribution in [-0.2, 0) is 0 Å². The molecule has 2 aromatic carbocycles. The molecule has 0 unspecified atom stereocenters. The van der Waals surface area contributed by atoms with E-state index in [1.807, 2.05) is 48.7 Å². The van der Waals surface area contributed by atoms with Crippen molar-refractivity contribution in [3.8, 4) is 17.2 Å². The zero-order chi connectivity index (χ0) is 13.2. The third-order valence-electron chi connectivity index (χ3n) is 2.89. The van der Waals surface area contributed by atoms with E-state index in [0.29, 0.717) is 0 Å². The van der Waals surface area contributed by atoms with Gasteiger partial charge in [0, 0.05) is 16.7 Å². The molecule has 1 aromatic heterocycles. The predicted molar refractivity (Wildman–Crippen MR) is 79.1 cm³/mol. The fraction of sp³-hybridized carbons (Fsp3) is 0.0667. The van der Waals surface area contributed by atoms with Gasteiger partial charge in [-0.2, -0.15) is 0 Å². The summed E-state index contributed by atoms with van der Waals surface area (Å²) in [6.07, 6.45) is 1.86. The van der Waals surface area contributed by atoms with Crippen LogP contribution in [0.2, 0.25) is 0 Å². The van der Waals surface area contributed by atoms with Crippen LogP contribution in [0.4, 0.5) is 0 Å². The quantitative estimate of drug-likeness (QED) is 0.757. The van der Waals surface area contributed by atoms with Crippen LogP contribution >= 0.6 is 15.9 Å². The third kappa shape index (κ3) is 2.31. The van der Waals surface area contributed by atoms with E-state index in [1.54, 1.807) is 7.11 Å². The Bertz CT molecular complexity index is 721. The van der Waals surface area contributed by atoms with E-state index in [9.17, 15) is 0 Å². The van der Waals surface area contributed by atoms with Crippen molar-refractivity contribution < 1.29 is 9.47 Å². The third-order valence-corrected chi connectivity index (χ3v) is 3.55. The minimum Gasteiger partial charge on any atom is -0.497 e. The number of H-pyrrole nitrogens is 1. The second-order valence-corrected chi connectivity index (χ2v) is 4.95. The van der Waals surface area contributed by atoms with Crippen LogP contribution in [0.3, 0.4) is 0 Å². The number of hydrogen-bond donors (Lipinski definition) is 1. The lowest BCUT2D eigenvalue weighted by molar-refractivity contribution is 0.409. The molecule has 0 bridgehead atoms. The van der Waals surface area contributed by atoms with Crippen LogP contribution in [0.5, 0.6) is 17.2 Å². The first-order chi connectivity index (χ1) is 9.28. The second-order valence-electron chi connectivity index (χ2n) is 4.10. The van der Waals surface area contributed by atoms with E-state index >= 15 is 0 Å². The molecule has 0 aliphatic heterocycles. The van der Waals surface area contributed by atoms with Gasteiger partial charge in [0.1, 0.15) is 11.5 Å². The Kier molecular flexibility index (Phi) is 3.17. The van der Waals surface area contributed by atoms with E-state index in [0.717, 1.165) is 32.6 Å². The lowest BCUT2D eigenvalue weighted by Crippen LogP contribution is -1.86. The number of ether oxygens (including phenoxy) is 2. The van der Waals surface area contributed by atoms with Crippen LogP contribution in [0.15, 0.2) is 53.1 Å². The minimum atomic E-state index is 0.746. The van der Waals surface area contributed by atoms with Gasteiger partial charge in [0.25, 0.3) is 0 Å². The molecule has 1 N–H and O–H groups in total. The molecule has 0 radical (unpaired) electrons. The molecule has 0 spiro atoms. The van der Waals surface area contributed by atoms with Crippen molar-refractivity contribution in [2.75, 3.05) is 7.11 Å². The van der Waals surface area contributed by atoms with Gasteiger partial charge in [-0.05, 0) is 40.2 Å².